The van der Waals surface area contributed by atoms with Gasteiger partial charge in [-0.25, -0.2) is 0 Å². The number of rotatable bonds is 6. The van der Waals surface area contributed by atoms with Crippen LogP contribution in [0, 0.1) is 16.0 Å². The lowest BCUT2D eigenvalue weighted by Crippen LogP contribution is -2.34. The molecule has 0 radical (unpaired) electrons. The Bertz CT molecular complexity index is 544. The van der Waals surface area contributed by atoms with E-state index in [-0.39, 0.29) is 29.8 Å². The molecule has 0 bridgehead atoms. The van der Waals surface area contributed by atoms with Crippen molar-refractivity contribution in [1.29, 1.82) is 0 Å². The van der Waals surface area contributed by atoms with E-state index in [1.807, 2.05) is 0 Å². The van der Waals surface area contributed by atoms with E-state index in [9.17, 15) is 19.7 Å². The molecule has 1 aromatic rings. The molecule has 0 aromatic heterocycles. The van der Waals surface area contributed by atoms with Crippen LogP contribution in [-0.4, -0.2) is 36.4 Å². The molecular formula is C13H16N4O4. The number of hydrogen-bond acceptors (Lipinski definition) is 5. The minimum absolute atomic E-state index is 0.0345. The van der Waals surface area contributed by atoms with Crippen molar-refractivity contribution in [1.82, 2.24) is 10.6 Å². The second kappa shape index (κ2) is 6.69. The van der Waals surface area contributed by atoms with Crippen molar-refractivity contribution in [3.8, 4) is 0 Å². The van der Waals surface area contributed by atoms with Crippen molar-refractivity contribution >= 4 is 23.2 Å². The van der Waals surface area contributed by atoms with Gasteiger partial charge in [0.2, 0.25) is 11.8 Å². The number of nitro benzene ring substituents is 1. The minimum Gasteiger partial charge on any atom is -0.383 e. The predicted octanol–water partition coefficient (Wildman–Crippen LogP) is 0.259. The van der Waals surface area contributed by atoms with Crippen LogP contribution in [0.25, 0.3) is 0 Å². The van der Waals surface area contributed by atoms with Gasteiger partial charge < -0.3 is 16.0 Å². The first-order valence-electron chi connectivity index (χ1n) is 6.59. The summed E-state index contributed by atoms with van der Waals surface area (Å²) in [7, 11) is 0. The Labute approximate surface area is 121 Å². The maximum Gasteiger partial charge on any atom is 0.269 e. The Balaban J connectivity index is 1.68. The van der Waals surface area contributed by atoms with Crippen molar-refractivity contribution in [2.45, 2.75) is 6.42 Å². The van der Waals surface area contributed by atoms with E-state index in [1.165, 1.54) is 12.1 Å². The first kappa shape index (κ1) is 14.8. The molecule has 1 aromatic carbocycles. The van der Waals surface area contributed by atoms with Crippen LogP contribution in [0.4, 0.5) is 11.4 Å². The topological polar surface area (TPSA) is 113 Å². The Hall–Kier alpha value is -2.64. The molecule has 0 aliphatic carbocycles. The fourth-order valence-corrected chi connectivity index (χ4v) is 2.03. The molecule has 1 fully saturated rings. The number of nitrogens with one attached hydrogen (secondary N) is 3. The lowest BCUT2D eigenvalue weighted by Gasteiger charge is -2.10. The molecule has 3 N–H and O–H groups in total. The molecule has 2 rings (SSSR count). The molecule has 2 amide bonds. The van der Waals surface area contributed by atoms with E-state index in [0.29, 0.717) is 19.6 Å². The second-order valence-corrected chi connectivity index (χ2v) is 4.73. The highest BCUT2D eigenvalue weighted by Gasteiger charge is 2.27. The summed E-state index contributed by atoms with van der Waals surface area (Å²) in [6.45, 7) is 1.30. The summed E-state index contributed by atoms with van der Waals surface area (Å²) in [5, 5.41) is 18.9. The third-order valence-corrected chi connectivity index (χ3v) is 3.18. The SMILES string of the molecule is O=C1C[C@@H](C(=O)NCCNc2ccc([N+](=O)[O-])cc2)CN1. The zero-order valence-corrected chi connectivity index (χ0v) is 11.3. The summed E-state index contributed by atoms with van der Waals surface area (Å²) >= 11 is 0. The Kier molecular flexibility index (Phi) is 4.70. The maximum absolute atomic E-state index is 11.7. The Morgan fingerprint density at radius 1 is 1.33 bits per heavy atom. The summed E-state index contributed by atoms with van der Waals surface area (Å²) in [6.07, 6.45) is 0.238. The van der Waals surface area contributed by atoms with Gasteiger partial charge >= 0.3 is 0 Å². The quantitative estimate of drug-likeness (QED) is 0.395. The summed E-state index contributed by atoms with van der Waals surface area (Å²) in [4.78, 5) is 32.8. The highest BCUT2D eigenvalue weighted by molar-refractivity contribution is 5.89. The molecule has 1 heterocycles. The highest BCUT2D eigenvalue weighted by Crippen LogP contribution is 2.14. The Morgan fingerprint density at radius 2 is 2.05 bits per heavy atom. The van der Waals surface area contributed by atoms with Gasteiger partial charge in [-0.3, -0.25) is 19.7 Å². The lowest BCUT2D eigenvalue weighted by atomic mass is 10.1. The smallest absolute Gasteiger partial charge is 0.269 e. The average molecular weight is 292 g/mol. The first-order chi connectivity index (χ1) is 10.1. The van der Waals surface area contributed by atoms with Gasteiger partial charge in [0.15, 0.2) is 0 Å². The summed E-state index contributed by atoms with van der Waals surface area (Å²) in [5.74, 6) is -0.533. The maximum atomic E-state index is 11.7. The fraction of sp³-hybridized carbons (Fsp3) is 0.385. The average Bonchev–Trinajstić information content (AvgIpc) is 2.90. The standard InChI is InChI=1S/C13H16N4O4/c18-12-7-9(8-16-12)13(19)15-6-5-14-10-1-3-11(4-2-10)17(20)21/h1-4,9,14H,5-8H2,(H,15,19)(H,16,18)/t9-/m1/s1. The largest absolute Gasteiger partial charge is 0.383 e. The molecule has 8 heteroatoms. The molecule has 1 aliphatic heterocycles. The molecule has 8 nitrogen and oxygen atoms in total. The van der Waals surface area contributed by atoms with Crippen LogP contribution in [0.3, 0.4) is 0 Å². The Morgan fingerprint density at radius 3 is 2.62 bits per heavy atom. The zero-order chi connectivity index (χ0) is 15.2. The summed E-state index contributed by atoms with van der Waals surface area (Å²) in [5.41, 5.74) is 0.778. The number of carbonyl (C=O) groups is 2. The van der Waals surface area contributed by atoms with Crippen LogP contribution in [0.2, 0.25) is 0 Å². The molecule has 112 valence electrons. The van der Waals surface area contributed by atoms with E-state index < -0.39 is 4.92 Å². The third-order valence-electron chi connectivity index (χ3n) is 3.18. The van der Waals surface area contributed by atoms with Gasteiger partial charge in [-0.05, 0) is 12.1 Å². The van der Waals surface area contributed by atoms with Gasteiger partial charge in [-0.15, -0.1) is 0 Å². The summed E-state index contributed by atoms with van der Waals surface area (Å²) in [6, 6.07) is 6.05. The van der Waals surface area contributed by atoms with Gasteiger partial charge in [-0.1, -0.05) is 0 Å². The first-order valence-corrected chi connectivity index (χ1v) is 6.59. The number of nitrogens with zero attached hydrogens (tertiary/aromatic N) is 1. The molecule has 1 saturated heterocycles. The second-order valence-electron chi connectivity index (χ2n) is 4.73. The number of non-ortho nitro benzene ring substituents is 1. The summed E-state index contributed by atoms with van der Waals surface area (Å²) < 4.78 is 0. The number of hydrogen-bond donors (Lipinski definition) is 3. The van der Waals surface area contributed by atoms with Crippen molar-refractivity contribution in [2.75, 3.05) is 25.0 Å². The molecule has 0 spiro atoms. The van der Waals surface area contributed by atoms with Crippen molar-refractivity contribution in [2.24, 2.45) is 5.92 Å². The molecular weight excluding hydrogens is 276 g/mol. The van der Waals surface area contributed by atoms with Crippen LogP contribution in [0.5, 0.6) is 0 Å². The van der Waals surface area contributed by atoms with Gasteiger partial charge in [0.05, 0.1) is 10.8 Å². The number of carbonyl (C=O) groups excluding carboxylic acids is 2. The predicted molar refractivity (Wildman–Crippen MR) is 75.7 cm³/mol. The van der Waals surface area contributed by atoms with Gasteiger partial charge in [0.1, 0.15) is 0 Å². The monoisotopic (exact) mass is 292 g/mol. The van der Waals surface area contributed by atoms with Gasteiger partial charge in [0, 0.05) is 43.9 Å². The van der Waals surface area contributed by atoms with Crippen LogP contribution in [-0.2, 0) is 9.59 Å². The number of nitro groups is 1. The molecule has 1 atom stereocenters. The molecule has 0 saturated carbocycles. The van der Waals surface area contributed by atoms with E-state index >= 15 is 0 Å². The number of amides is 2. The van der Waals surface area contributed by atoms with E-state index in [2.05, 4.69) is 16.0 Å². The van der Waals surface area contributed by atoms with Crippen molar-refractivity contribution in [3.05, 3.63) is 34.4 Å². The van der Waals surface area contributed by atoms with E-state index in [4.69, 9.17) is 0 Å². The van der Waals surface area contributed by atoms with Crippen LogP contribution in [0.1, 0.15) is 6.42 Å². The number of benzene rings is 1. The normalized spacial score (nSPS) is 17.1. The fourth-order valence-electron chi connectivity index (χ4n) is 2.03. The van der Waals surface area contributed by atoms with Crippen molar-refractivity contribution in [3.63, 3.8) is 0 Å². The molecule has 1 aliphatic rings. The molecule has 21 heavy (non-hydrogen) atoms. The third kappa shape index (κ3) is 4.16. The van der Waals surface area contributed by atoms with Gasteiger partial charge in [-0.2, -0.15) is 0 Å². The van der Waals surface area contributed by atoms with Crippen LogP contribution < -0.4 is 16.0 Å². The molecule has 0 unspecified atom stereocenters. The minimum atomic E-state index is -0.457. The van der Waals surface area contributed by atoms with E-state index in [1.54, 1.807) is 12.1 Å². The van der Waals surface area contributed by atoms with E-state index in [0.717, 1.165) is 5.69 Å². The van der Waals surface area contributed by atoms with Gasteiger partial charge in [0.25, 0.3) is 5.69 Å². The van der Waals surface area contributed by atoms with Crippen LogP contribution in [0.15, 0.2) is 24.3 Å². The highest BCUT2D eigenvalue weighted by atomic mass is 16.6. The lowest BCUT2D eigenvalue weighted by molar-refractivity contribution is -0.384. The van der Waals surface area contributed by atoms with Crippen molar-refractivity contribution < 1.29 is 14.5 Å². The van der Waals surface area contributed by atoms with Crippen LogP contribution >= 0.6 is 0 Å². The number of anilines is 1. The zero-order valence-electron chi connectivity index (χ0n) is 11.3.